The molecule has 0 aromatic rings. The predicted octanol–water partition coefficient (Wildman–Crippen LogP) is 5.09. The van der Waals surface area contributed by atoms with Crippen molar-refractivity contribution >= 4 is 34.1 Å². The molecule has 0 aliphatic heterocycles. The van der Waals surface area contributed by atoms with E-state index >= 15 is 0 Å². The Hall–Kier alpha value is 1.58. The summed E-state index contributed by atoms with van der Waals surface area (Å²) in [6.07, 6.45) is 14.9. The van der Waals surface area contributed by atoms with Crippen molar-refractivity contribution < 1.29 is 0 Å². The van der Waals surface area contributed by atoms with Crippen molar-refractivity contribution in [1.29, 1.82) is 0 Å². The van der Waals surface area contributed by atoms with Crippen LogP contribution in [0.25, 0.3) is 0 Å². The van der Waals surface area contributed by atoms with E-state index in [4.69, 9.17) is 0 Å². The van der Waals surface area contributed by atoms with Gasteiger partial charge in [0.15, 0.2) is 0 Å². The molecule has 0 amide bonds. The normalized spacial score (nSPS) is 10.9. The van der Waals surface area contributed by atoms with Crippen molar-refractivity contribution in [3.8, 4) is 0 Å². The topological polar surface area (TPSA) is 0 Å². The van der Waals surface area contributed by atoms with Gasteiger partial charge in [-0.2, -0.15) is 0 Å². The van der Waals surface area contributed by atoms with Gasteiger partial charge in [0, 0.05) is 0 Å². The van der Waals surface area contributed by atoms with E-state index in [1.54, 1.807) is 21.8 Å². The van der Waals surface area contributed by atoms with E-state index < -0.39 is 0 Å². The van der Waals surface area contributed by atoms with Crippen LogP contribution in [0.4, 0.5) is 0 Å². The molecule has 0 saturated heterocycles. The molecule has 0 nitrogen and oxygen atoms in total. The van der Waals surface area contributed by atoms with Crippen LogP contribution in [0.5, 0.6) is 0 Å². The first-order valence-electron chi connectivity index (χ1n) is 7.16. The van der Waals surface area contributed by atoms with Crippen LogP contribution >= 0.6 is 0 Å². The molecule has 0 unspecified atom stereocenters. The van der Waals surface area contributed by atoms with Gasteiger partial charge in [-0.25, -0.2) is 0 Å². The molecule has 0 aromatic heterocycles. The Morgan fingerprint density at radius 1 is 0.500 bits per heavy atom. The summed E-state index contributed by atoms with van der Waals surface area (Å²) in [5, 5.41) is 0. The fourth-order valence-electron chi connectivity index (χ4n) is 1.65. The third-order valence-electron chi connectivity index (χ3n) is 2.75. The van der Waals surface area contributed by atoms with E-state index in [1.165, 1.54) is 51.4 Å². The van der Waals surface area contributed by atoms with Crippen molar-refractivity contribution in [2.24, 2.45) is 0 Å². The molecule has 0 aliphatic carbocycles. The Morgan fingerprint density at radius 3 is 1.25 bits per heavy atom. The van der Waals surface area contributed by atoms with Crippen LogP contribution in [-0.2, 0) is 0 Å². The third-order valence-corrected chi connectivity index (χ3v) is 15.4. The van der Waals surface area contributed by atoms with Gasteiger partial charge in [0.05, 0.1) is 0 Å². The molecular weight excluding hydrogens is 423 g/mol. The average molecular weight is 454 g/mol. The summed E-state index contributed by atoms with van der Waals surface area (Å²) in [6.45, 7) is 4.61. The van der Waals surface area contributed by atoms with Crippen molar-refractivity contribution in [3.05, 3.63) is 0 Å². The van der Waals surface area contributed by atoms with Gasteiger partial charge in [-0.1, -0.05) is 0 Å². The number of hydrogen-bond donors (Lipinski definition) is 0. The fourth-order valence-corrected chi connectivity index (χ4v) is 13.2. The molecule has 0 N–H and O–H groups in total. The van der Waals surface area contributed by atoms with Crippen molar-refractivity contribution in [2.75, 3.05) is 0 Å². The molecule has 0 aromatic carbocycles. The molecule has 0 rings (SSSR count). The number of unbranched alkanes of at least 4 members (excludes halogenated alkanes) is 8. The molecular formula is C14H30Te2. The maximum absolute atomic E-state index is 2.30. The van der Waals surface area contributed by atoms with E-state index in [9.17, 15) is 0 Å². The second kappa shape index (κ2) is 16.6. The number of rotatable bonds is 13. The summed E-state index contributed by atoms with van der Waals surface area (Å²) in [4.78, 5) is 0. The van der Waals surface area contributed by atoms with Gasteiger partial charge < -0.3 is 0 Å². The van der Waals surface area contributed by atoms with Crippen LogP contribution in [0.2, 0.25) is 8.94 Å². The van der Waals surface area contributed by atoms with E-state index in [0.717, 1.165) is 0 Å². The van der Waals surface area contributed by atoms with Gasteiger partial charge in [-0.3, -0.25) is 0 Å². The Labute approximate surface area is 120 Å². The minimum absolute atomic E-state index is 0.541. The van der Waals surface area contributed by atoms with Crippen LogP contribution in [0.15, 0.2) is 0 Å². The maximum atomic E-state index is 2.30. The zero-order valence-electron chi connectivity index (χ0n) is 11.3. The molecule has 0 bridgehead atoms. The van der Waals surface area contributed by atoms with Crippen LogP contribution in [-0.4, -0.2) is 34.1 Å². The standard InChI is InChI=1S/C14H30Te2/c1-3-5-7-9-11-13-15-16-14-12-10-8-6-4-2/h3-14H2,1-2H3. The molecule has 0 radical (unpaired) electrons. The summed E-state index contributed by atoms with van der Waals surface area (Å²) >= 11 is 1.08. The van der Waals surface area contributed by atoms with Crippen molar-refractivity contribution in [1.82, 2.24) is 0 Å². The van der Waals surface area contributed by atoms with E-state index in [0.29, 0.717) is 34.1 Å². The summed E-state index contributed by atoms with van der Waals surface area (Å²) in [5.41, 5.74) is 0. The molecule has 0 aliphatic rings. The monoisotopic (exact) mass is 458 g/mol. The zero-order valence-corrected chi connectivity index (χ0v) is 16.0. The first kappa shape index (κ1) is 17.6. The zero-order chi connectivity index (χ0) is 11.9. The van der Waals surface area contributed by atoms with E-state index in [2.05, 4.69) is 13.8 Å². The van der Waals surface area contributed by atoms with Gasteiger partial charge in [0.25, 0.3) is 0 Å². The Kier molecular flexibility index (Phi) is 18.2. The van der Waals surface area contributed by atoms with Crippen LogP contribution in [0.3, 0.4) is 0 Å². The first-order valence-corrected chi connectivity index (χ1v) is 17.8. The average Bonchev–Trinajstić information content (AvgIpc) is 2.31. The fraction of sp³-hybridized carbons (Fsp3) is 1.00. The summed E-state index contributed by atoms with van der Waals surface area (Å²) in [6, 6.07) is 0. The van der Waals surface area contributed by atoms with E-state index in [1.807, 2.05) is 0 Å². The molecule has 98 valence electrons. The van der Waals surface area contributed by atoms with Crippen LogP contribution in [0, 0.1) is 0 Å². The first-order chi connectivity index (χ1) is 7.91. The molecule has 0 atom stereocenters. The second-order valence-electron chi connectivity index (χ2n) is 4.47. The van der Waals surface area contributed by atoms with Gasteiger partial charge in [0.1, 0.15) is 0 Å². The Bertz CT molecular complexity index is 101. The van der Waals surface area contributed by atoms with Crippen LogP contribution < -0.4 is 0 Å². The van der Waals surface area contributed by atoms with Crippen LogP contribution in [0.1, 0.15) is 78.1 Å². The van der Waals surface area contributed by atoms with Gasteiger partial charge in [0.2, 0.25) is 0 Å². The predicted molar refractivity (Wildman–Crippen MR) is 78.6 cm³/mol. The minimum atomic E-state index is 0.541. The van der Waals surface area contributed by atoms with Gasteiger partial charge in [-0.05, 0) is 0 Å². The van der Waals surface area contributed by atoms with Gasteiger partial charge >= 0.3 is 121 Å². The Morgan fingerprint density at radius 2 is 0.875 bits per heavy atom. The second-order valence-corrected chi connectivity index (χ2v) is 17.2. The SMILES string of the molecule is CCCCCCC[Te][Te]CCCCCCC. The molecule has 2 heteroatoms. The van der Waals surface area contributed by atoms with Gasteiger partial charge in [-0.15, -0.1) is 0 Å². The van der Waals surface area contributed by atoms with Crippen molar-refractivity contribution in [3.63, 3.8) is 0 Å². The number of hydrogen-bond acceptors (Lipinski definition) is 0. The molecule has 16 heavy (non-hydrogen) atoms. The third kappa shape index (κ3) is 15.6. The summed E-state index contributed by atoms with van der Waals surface area (Å²) in [5.74, 6) is 0. The van der Waals surface area contributed by atoms with Crippen molar-refractivity contribution in [2.45, 2.75) is 87.0 Å². The van der Waals surface area contributed by atoms with E-state index in [-0.39, 0.29) is 0 Å². The summed E-state index contributed by atoms with van der Waals surface area (Å²) in [7, 11) is 0. The molecule has 0 heterocycles. The summed E-state index contributed by atoms with van der Waals surface area (Å²) < 4.78 is 3.35. The molecule has 0 fully saturated rings. The quantitative estimate of drug-likeness (QED) is 0.269. The Balaban J connectivity index is 2.83. The molecule has 0 saturated carbocycles. The molecule has 0 spiro atoms.